The molecule has 0 aliphatic rings. The van der Waals surface area contributed by atoms with Crippen molar-refractivity contribution in [2.24, 2.45) is 0 Å². The zero-order valence-electron chi connectivity index (χ0n) is 9.50. The summed E-state index contributed by atoms with van der Waals surface area (Å²) in [5.74, 6) is -2.38. The number of carboxylic acids is 1. The predicted molar refractivity (Wildman–Crippen MR) is 60.4 cm³/mol. The lowest BCUT2D eigenvalue weighted by Gasteiger charge is -1.99. The molecule has 0 aliphatic carbocycles. The summed E-state index contributed by atoms with van der Waals surface area (Å²) in [4.78, 5) is 22.8. The Morgan fingerprint density at radius 3 is 2.61 bits per heavy atom. The summed E-state index contributed by atoms with van der Waals surface area (Å²) < 4.78 is 15.3. The average molecular weight is 251 g/mol. The van der Waals surface area contributed by atoms with Gasteiger partial charge in [0, 0.05) is 6.54 Å². The van der Waals surface area contributed by atoms with Crippen LogP contribution in [0.3, 0.4) is 0 Å². The quantitative estimate of drug-likeness (QED) is 0.878. The summed E-state index contributed by atoms with van der Waals surface area (Å²) in [5.41, 5.74) is -0.753. The Morgan fingerprint density at radius 1 is 1.44 bits per heavy atom. The molecule has 0 amide bonds. The summed E-state index contributed by atoms with van der Waals surface area (Å²) in [6.45, 7) is 1.76. The minimum Gasteiger partial charge on any atom is -0.475 e. The van der Waals surface area contributed by atoms with Crippen molar-refractivity contribution in [3.05, 3.63) is 46.4 Å². The van der Waals surface area contributed by atoms with Crippen LogP contribution in [0.2, 0.25) is 0 Å². The highest BCUT2D eigenvalue weighted by atomic mass is 19.1. The number of nitrogens with zero attached hydrogens (tertiary/aromatic N) is 3. The molecule has 1 N–H and O–H groups in total. The van der Waals surface area contributed by atoms with Gasteiger partial charge in [-0.15, -0.1) is 5.10 Å². The van der Waals surface area contributed by atoms with Crippen molar-refractivity contribution >= 4 is 5.97 Å². The maximum atomic E-state index is 13.5. The minimum absolute atomic E-state index is 0.0720. The number of carbonyl (C=O) groups is 1. The molecule has 1 aromatic carbocycles. The second kappa shape index (κ2) is 4.44. The lowest BCUT2D eigenvalue weighted by atomic mass is 10.3. The van der Waals surface area contributed by atoms with E-state index in [1.54, 1.807) is 6.92 Å². The van der Waals surface area contributed by atoms with Crippen LogP contribution in [0.15, 0.2) is 29.1 Å². The van der Waals surface area contributed by atoms with E-state index < -0.39 is 23.3 Å². The van der Waals surface area contributed by atoms with Crippen LogP contribution in [0.4, 0.5) is 4.39 Å². The monoisotopic (exact) mass is 251 g/mol. The molecule has 7 heteroatoms. The Bertz CT molecular complexity index is 660. The third-order valence-corrected chi connectivity index (χ3v) is 2.45. The molecule has 2 rings (SSSR count). The number of para-hydroxylation sites is 1. The molecule has 18 heavy (non-hydrogen) atoms. The fraction of sp³-hybridized carbons (Fsp3) is 0.182. The zero-order valence-corrected chi connectivity index (χ0v) is 9.50. The number of aromatic nitrogens is 3. The summed E-state index contributed by atoms with van der Waals surface area (Å²) in [5, 5.41) is 12.6. The van der Waals surface area contributed by atoms with Gasteiger partial charge in [-0.1, -0.05) is 12.1 Å². The molecule has 1 heterocycles. The first-order chi connectivity index (χ1) is 8.56. The van der Waals surface area contributed by atoms with Crippen molar-refractivity contribution in [2.75, 3.05) is 0 Å². The lowest BCUT2D eigenvalue weighted by Crippen LogP contribution is -2.25. The molecule has 94 valence electrons. The highest BCUT2D eigenvalue weighted by molar-refractivity contribution is 5.83. The molecule has 0 bridgehead atoms. The molecule has 2 aromatic rings. The summed E-state index contributed by atoms with van der Waals surface area (Å²) in [6, 6.07) is 5.54. The first kappa shape index (κ1) is 12.0. The van der Waals surface area contributed by atoms with Gasteiger partial charge in [-0.05, 0) is 19.1 Å². The van der Waals surface area contributed by atoms with Crippen LogP contribution in [-0.2, 0) is 6.54 Å². The van der Waals surface area contributed by atoms with Crippen molar-refractivity contribution in [1.82, 2.24) is 14.3 Å². The van der Waals surface area contributed by atoms with Crippen molar-refractivity contribution < 1.29 is 14.3 Å². The summed E-state index contributed by atoms with van der Waals surface area (Å²) in [7, 11) is 0. The molecule has 0 fully saturated rings. The molecule has 1 aromatic heterocycles. The van der Waals surface area contributed by atoms with Crippen LogP contribution in [0.5, 0.6) is 0 Å². The van der Waals surface area contributed by atoms with E-state index in [2.05, 4.69) is 5.10 Å². The van der Waals surface area contributed by atoms with E-state index in [0.29, 0.717) is 0 Å². The number of hydrogen-bond acceptors (Lipinski definition) is 3. The minimum atomic E-state index is -1.33. The van der Waals surface area contributed by atoms with Crippen LogP contribution >= 0.6 is 0 Å². The van der Waals surface area contributed by atoms with Crippen molar-refractivity contribution in [1.29, 1.82) is 0 Å². The molecule has 0 radical (unpaired) electrons. The highest BCUT2D eigenvalue weighted by Crippen LogP contribution is 2.09. The Kier molecular flexibility index (Phi) is 2.97. The van der Waals surface area contributed by atoms with Crippen LogP contribution in [0.25, 0.3) is 5.69 Å². The number of halogens is 1. The van der Waals surface area contributed by atoms with Gasteiger partial charge in [0.2, 0.25) is 5.82 Å². The third-order valence-electron chi connectivity index (χ3n) is 2.45. The van der Waals surface area contributed by atoms with Gasteiger partial charge in [-0.2, -0.15) is 4.68 Å². The van der Waals surface area contributed by atoms with Crippen LogP contribution < -0.4 is 5.69 Å². The normalized spacial score (nSPS) is 10.6. The van der Waals surface area contributed by atoms with Gasteiger partial charge in [-0.25, -0.2) is 14.0 Å². The second-order valence-electron chi connectivity index (χ2n) is 3.52. The van der Waals surface area contributed by atoms with Crippen LogP contribution in [0.1, 0.15) is 17.5 Å². The lowest BCUT2D eigenvalue weighted by molar-refractivity contribution is 0.0677. The molecule has 0 atom stereocenters. The Balaban J connectivity index is 2.71. The fourth-order valence-corrected chi connectivity index (χ4v) is 1.62. The van der Waals surface area contributed by atoms with Gasteiger partial charge in [0.1, 0.15) is 11.5 Å². The predicted octanol–water partition coefficient (Wildman–Crippen LogP) is 0.891. The van der Waals surface area contributed by atoms with Crippen LogP contribution in [-0.4, -0.2) is 25.4 Å². The Hall–Kier alpha value is -2.44. The molecule has 0 unspecified atom stereocenters. The molecule has 0 spiro atoms. The Labute approximate surface area is 101 Å². The maximum Gasteiger partial charge on any atom is 0.374 e. The van der Waals surface area contributed by atoms with Crippen molar-refractivity contribution in [3.8, 4) is 5.69 Å². The Morgan fingerprint density at radius 2 is 2.11 bits per heavy atom. The maximum absolute atomic E-state index is 13.5. The summed E-state index contributed by atoms with van der Waals surface area (Å²) >= 11 is 0. The average Bonchev–Trinajstić information content (AvgIpc) is 2.67. The standard InChI is InChI=1S/C11H10FN3O3/c1-2-14-9(10(16)17)13-15(11(14)18)8-6-4-3-5-7(8)12/h3-6H,2H2,1H3,(H,16,17). The van der Waals surface area contributed by atoms with E-state index in [1.807, 2.05) is 0 Å². The fourth-order valence-electron chi connectivity index (χ4n) is 1.62. The van der Waals surface area contributed by atoms with Gasteiger partial charge in [0.05, 0.1) is 0 Å². The van der Waals surface area contributed by atoms with Crippen molar-refractivity contribution in [3.63, 3.8) is 0 Å². The number of rotatable bonds is 3. The molecular formula is C11H10FN3O3. The van der Waals surface area contributed by atoms with E-state index in [9.17, 15) is 14.0 Å². The van der Waals surface area contributed by atoms with Gasteiger partial charge in [-0.3, -0.25) is 4.57 Å². The largest absolute Gasteiger partial charge is 0.475 e. The summed E-state index contributed by atoms with van der Waals surface area (Å²) in [6.07, 6.45) is 0. The third kappa shape index (κ3) is 1.79. The van der Waals surface area contributed by atoms with Gasteiger partial charge < -0.3 is 5.11 Å². The second-order valence-corrected chi connectivity index (χ2v) is 3.52. The first-order valence-corrected chi connectivity index (χ1v) is 5.24. The molecule has 0 saturated heterocycles. The zero-order chi connectivity index (χ0) is 13.3. The number of hydrogen-bond donors (Lipinski definition) is 1. The number of aromatic carboxylic acids is 1. The van der Waals surface area contributed by atoms with E-state index in [4.69, 9.17) is 5.11 Å². The van der Waals surface area contributed by atoms with E-state index in [-0.39, 0.29) is 12.2 Å². The van der Waals surface area contributed by atoms with Gasteiger partial charge >= 0.3 is 11.7 Å². The highest BCUT2D eigenvalue weighted by Gasteiger charge is 2.20. The number of carboxylic acid groups (broad SMARTS) is 1. The van der Waals surface area contributed by atoms with Gasteiger partial charge in [0.25, 0.3) is 0 Å². The smallest absolute Gasteiger partial charge is 0.374 e. The molecule has 0 aliphatic heterocycles. The SMILES string of the molecule is CCn1c(C(=O)O)nn(-c2ccccc2F)c1=O. The van der Waals surface area contributed by atoms with E-state index in [0.717, 1.165) is 9.25 Å². The van der Waals surface area contributed by atoms with Crippen LogP contribution in [0, 0.1) is 5.82 Å². The number of benzene rings is 1. The first-order valence-electron chi connectivity index (χ1n) is 5.24. The topological polar surface area (TPSA) is 77.1 Å². The van der Waals surface area contributed by atoms with Gasteiger partial charge in [0.15, 0.2) is 0 Å². The van der Waals surface area contributed by atoms with E-state index in [1.165, 1.54) is 24.3 Å². The van der Waals surface area contributed by atoms with E-state index >= 15 is 0 Å². The molecular weight excluding hydrogens is 241 g/mol. The molecule has 0 saturated carbocycles. The van der Waals surface area contributed by atoms with Crippen molar-refractivity contribution in [2.45, 2.75) is 13.5 Å². The molecule has 6 nitrogen and oxygen atoms in total.